The number of hydrogen-bond donors (Lipinski definition) is 1. The minimum absolute atomic E-state index is 0. The highest BCUT2D eigenvalue weighted by atomic mass is 35.5. The zero-order valence-corrected chi connectivity index (χ0v) is 17.5. The predicted molar refractivity (Wildman–Crippen MR) is 110 cm³/mol. The van der Waals surface area contributed by atoms with Crippen LogP contribution in [0.15, 0.2) is 53.4 Å². The largest absolute Gasteiger partial charge is 0.491 e. The molecule has 2 aromatic rings. The average molecular weight is 411 g/mol. The summed E-state index contributed by atoms with van der Waals surface area (Å²) in [6, 6.07) is 14.7. The maximum absolute atomic E-state index is 13.1. The summed E-state index contributed by atoms with van der Waals surface area (Å²) in [4.78, 5) is 0.284. The van der Waals surface area contributed by atoms with Crippen LogP contribution in [0.4, 0.5) is 0 Å². The van der Waals surface area contributed by atoms with Crippen molar-refractivity contribution in [2.75, 3.05) is 13.1 Å². The number of rotatable bonds is 5. The topological polar surface area (TPSA) is 72.6 Å². The molecule has 2 atom stereocenters. The first kappa shape index (κ1) is 21.7. The van der Waals surface area contributed by atoms with Crippen molar-refractivity contribution in [1.29, 1.82) is 0 Å². The second-order valence-electron chi connectivity index (χ2n) is 7.10. The maximum atomic E-state index is 13.1. The van der Waals surface area contributed by atoms with Gasteiger partial charge in [0.25, 0.3) is 0 Å². The molecule has 27 heavy (non-hydrogen) atoms. The standard InChI is InChI=1S/C20H26N2O3S.ClH/c1-14(2)25-20-10-9-17(11-15(20)3)26(23,24)22-12-18(19(21)13-22)16-7-5-4-6-8-16;/h4-11,14,18-19H,12-13,21H2,1-3H3;1H/t18-,19+;/m0./s1. The highest BCUT2D eigenvalue weighted by Crippen LogP contribution is 2.32. The van der Waals surface area contributed by atoms with Gasteiger partial charge in [-0.3, -0.25) is 0 Å². The molecule has 7 heteroatoms. The van der Waals surface area contributed by atoms with Gasteiger partial charge < -0.3 is 10.5 Å². The first-order valence-corrected chi connectivity index (χ1v) is 10.3. The van der Waals surface area contributed by atoms with E-state index >= 15 is 0 Å². The Bertz CT molecular complexity index is 872. The molecular formula is C20H27ClN2O3S. The molecule has 1 saturated heterocycles. The lowest BCUT2D eigenvalue weighted by atomic mass is 9.95. The predicted octanol–water partition coefficient (Wildman–Crippen LogP) is 3.32. The Morgan fingerprint density at radius 3 is 2.37 bits per heavy atom. The molecule has 1 aliphatic rings. The molecular weight excluding hydrogens is 384 g/mol. The van der Waals surface area contributed by atoms with Crippen LogP contribution in [0.1, 0.15) is 30.9 Å². The van der Waals surface area contributed by atoms with Crippen molar-refractivity contribution in [3.8, 4) is 5.75 Å². The monoisotopic (exact) mass is 410 g/mol. The number of aryl methyl sites for hydroxylation is 1. The van der Waals surface area contributed by atoms with Gasteiger partial charge in [-0.25, -0.2) is 8.42 Å². The molecule has 0 radical (unpaired) electrons. The SMILES string of the molecule is Cc1cc(S(=O)(=O)N2C[C@@H](N)[C@H](c3ccccc3)C2)ccc1OC(C)C.Cl. The van der Waals surface area contributed by atoms with Crippen LogP contribution in [0.25, 0.3) is 0 Å². The quantitative estimate of drug-likeness (QED) is 0.820. The molecule has 0 bridgehead atoms. The highest BCUT2D eigenvalue weighted by Gasteiger charge is 2.38. The first-order valence-electron chi connectivity index (χ1n) is 8.87. The molecule has 2 N–H and O–H groups in total. The van der Waals surface area contributed by atoms with Crippen LogP contribution in [0, 0.1) is 6.92 Å². The van der Waals surface area contributed by atoms with E-state index in [9.17, 15) is 8.42 Å². The third kappa shape index (κ3) is 4.63. The van der Waals surface area contributed by atoms with Crippen LogP contribution in [-0.2, 0) is 10.0 Å². The summed E-state index contributed by atoms with van der Waals surface area (Å²) >= 11 is 0. The lowest BCUT2D eigenvalue weighted by Gasteiger charge is -2.18. The summed E-state index contributed by atoms with van der Waals surface area (Å²) in [5, 5.41) is 0. The maximum Gasteiger partial charge on any atom is 0.243 e. The molecule has 0 aliphatic carbocycles. The van der Waals surface area contributed by atoms with Crippen molar-refractivity contribution in [1.82, 2.24) is 4.31 Å². The Hall–Kier alpha value is -1.60. The lowest BCUT2D eigenvalue weighted by Crippen LogP contribution is -2.32. The summed E-state index contributed by atoms with van der Waals surface area (Å²) in [6.07, 6.45) is 0.0411. The fourth-order valence-corrected chi connectivity index (χ4v) is 4.95. The van der Waals surface area contributed by atoms with Crippen molar-refractivity contribution >= 4 is 22.4 Å². The molecule has 0 spiro atoms. The van der Waals surface area contributed by atoms with Gasteiger partial charge in [-0.1, -0.05) is 30.3 Å². The summed E-state index contributed by atoms with van der Waals surface area (Å²) in [7, 11) is -3.58. The van der Waals surface area contributed by atoms with Crippen LogP contribution in [0.3, 0.4) is 0 Å². The van der Waals surface area contributed by atoms with Crippen molar-refractivity contribution in [3.63, 3.8) is 0 Å². The van der Waals surface area contributed by atoms with Crippen molar-refractivity contribution < 1.29 is 13.2 Å². The fourth-order valence-electron chi connectivity index (χ4n) is 3.36. The van der Waals surface area contributed by atoms with E-state index in [0.29, 0.717) is 18.8 Å². The van der Waals surface area contributed by atoms with Crippen molar-refractivity contribution in [3.05, 3.63) is 59.7 Å². The Morgan fingerprint density at radius 2 is 1.78 bits per heavy atom. The third-order valence-corrected chi connectivity index (χ3v) is 6.53. The van der Waals surface area contributed by atoms with E-state index < -0.39 is 10.0 Å². The lowest BCUT2D eigenvalue weighted by molar-refractivity contribution is 0.240. The van der Waals surface area contributed by atoms with E-state index in [1.807, 2.05) is 51.1 Å². The van der Waals surface area contributed by atoms with Gasteiger partial charge in [0, 0.05) is 25.0 Å². The van der Waals surface area contributed by atoms with Gasteiger partial charge in [0.2, 0.25) is 10.0 Å². The number of benzene rings is 2. The molecule has 0 unspecified atom stereocenters. The number of ether oxygens (including phenoxy) is 1. The minimum Gasteiger partial charge on any atom is -0.491 e. The van der Waals surface area contributed by atoms with Gasteiger partial charge in [-0.15, -0.1) is 12.4 Å². The van der Waals surface area contributed by atoms with Gasteiger partial charge in [-0.05, 0) is 50.1 Å². The molecule has 1 fully saturated rings. The van der Waals surface area contributed by atoms with Gasteiger partial charge >= 0.3 is 0 Å². The molecule has 3 rings (SSSR count). The Morgan fingerprint density at radius 1 is 1.11 bits per heavy atom. The Balaban J connectivity index is 0.00000261. The summed E-state index contributed by atoms with van der Waals surface area (Å²) in [5.74, 6) is 0.717. The van der Waals surface area contributed by atoms with Crippen LogP contribution < -0.4 is 10.5 Å². The summed E-state index contributed by atoms with van der Waals surface area (Å²) in [6.45, 7) is 6.47. The van der Waals surface area contributed by atoms with Crippen LogP contribution >= 0.6 is 12.4 Å². The zero-order valence-electron chi connectivity index (χ0n) is 15.8. The van der Waals surface area contributed by atoms with E-state index in [-0.39, 0.29) is 35.4 Å². The van der Waals surface area contributed by atoms with Crippen LogP contribution in [0.2, 0.25) is 0 Å². The Labute approximate surface area is 168 Å². The number of hydrogen-bond acceptors (Lipinski definition) is 4. The van der Waals surface area contributed by atoms with E-state index in [2.05, 4.69) is 0 Å². The number of sulfonamides is 1. The van der Waals surface area contributed by atoms with Gasteiger partial charge in [0.15, 0.2) is 0 Å². The van der Waals surface area contributed by atoms with Gasteiger partial charge in [-0.2, -0.15) is 4.31 Å². The number of halogens is 1. The second-order valence-corrected chi connectivity index (χ2v) is 9.03. The normalized spacial score (nSPS) is 20.5. The number of nitrogens with zero attached hydrogens (tertiary/aromatic N) is 1. The van der Waals surface area contributed by atoms with Crippen molar-refractivity contribution in [2.24, 2.45) is 5.73 Å². The smallest absolute Gasteiger partial charge is 0.243 e. The Kier molecular flexibility index (Phi) is 6.92. The van der Waals surface area contributed by atoms with E-state index in [0.717, 1.165) is 11.1 Å². The van der Waals surface area contributed by atoms with Crippen LogP contribution in [-0.4, -0.2) is 38.0 Å². The van der Waals surface area contributed by atoms with Crippen LogP contribution in [0.5, 0.6) is 5.75 Å². The zero-order chi connectivity index (χ0) is 18.9. The van der Waals surface area contributed by atoms with Gasteiger partial charge in [0.05, 0.1) is 11.0 Å². The highest BCUT2D eigenvalue weighted by molar-refractivity contribution is 7.89. The van der Waals surface area contributed by atoms with E-state index in [4.69, 9.17) is 10.5 Å². The summed E-state index contributed by atoms with van der Waals surface area (Å²) in [5.41, 5.74) is 8.15. The molecule has 0 aromatic heterocycles. The molecule has 1 heterocycles. The molecule has 0 saturated carbocycles. The molecule has 148 valence electrons. The molecule has 0 amide bonds. The fraction of sp³-hybridized carbons (Fsp3) is 0.400. The van der Waals surface area contributed by atoms with E-state index in [1.54, 1.807) is 18.2 Å². The third-order valence-electron chi connectivity index (χ3n) is 4.71. The molecule has 1 aliphatic heterocycles. The van der Waals surface area contributed by atoms with E-state index in [1.165, 1.54) is 4.31 Å². The minimum atomic E-state index is -3.58. The average Bonchev–Trinajstić information content (AvgIpc) is 2.99. The number of nitrogens with two attached hydrogens (primary N) is 1. The second kappa shape index (κ2) is 8.61. The molecule has 5 nitrogen and oxygen atoms in total. The first-order chi connectivity index (χ1) is 12.3. The summed E-state index contributed by atoms with van der Waals surface area (Å²) < 4.78 is 33.3. The van der Waals surface area contributed by atoms with Crippen molar-refractivity contribution in [2.45, 2.75) is 43.7 Å². The van der Waals surface area contributed by atoms with Gasteiger partial charge in [0.1, 0.15) is 5.75 Å². The molecule has 2 aromatic carbocycles.